The van der Waals surface area contributed by atoms with Crippen molar-refractivity contribution in [2.75, 3.05) is 26.2 Å². The summed E-state index contributed by atoms with van der Waals surface area (Å²) < 4.78 is 5.61. The minimum absolute atomic E-state index is 0. The van der Waals surface area contributed by atoms with Gasteiger partial charge in [-0.25, -0.2) is 0 Å². The molecule has 1 amide bonds. The molecular formula is C17H22Cl3N3O2. The average molecular weight is 407 g/mol. The molecule has 8 heteroatoms. The van der Waals surface area contributed by atoms with E-state index in [1.54, 1.807) is 18.3 Å². The highest BCUT2D eigenvalue weighted by Gasteiger charge is 2.14. The lowest BCUT2D eigenvalue weighted by atomic mass is 10.1. The van der Waals surface area contributed by atoms with Crippen molar-refractivity contribution in [3.63, 3.8) is 0 Å². The molecule has 2 heterocycles. The maximum atomic E-state index is 11.9. The minimum atomic E-state index is -0.116. The summed E-state index contributed by atoms with van der Waals surface area (Å²) >= 11 is 6.14. The summed E-state index contributed by atoms with van der Waals surface area (Å²) in [7, 11) is 0. The molecule has 1 aliphatic heterocycles. The van der Waals surface area contributed by atoms with Crippen LogP contribution in [0.5, 0.6) is 5.75 Å². The molecule has 1 aliphatic rings. The van der Waals surface area contributed by atoms with E-state index in [0.29, 0.717) is 28.8 Å². The Hall–Kier alpha value is -1.27. The fraction of sp³-hybridized carbons (Fsp3) is 0.412. The molecular weight excluding hydrogens is 385 g/mol. The first-order valence-electron chi connectivity index (χ1n) is 7.87. The summed E-state index contributed by atoms with van der Waals surface area (Å²) in [4.78, 5) is 16.2. The van der Waals surface area contributed by atoms with Crippen molar-refractivity contribution in [2.24, 2.45) is 5.92 Å². The molecule has 0 radical (unpaired) electrons. The largest absolute Gasteiger partial charge is 0.481 e. The van der Waals surface area contributed by atoms with Crippen LogP contribution in [0.1, 0.15) is 12.8 Å². The summed E-state index contributed by atoms with van der Waals surface area (Å²) in [5, 5.41) is 7.67. The van der Waals surface area contributed by atoms with Gasteiger partial charge in [-0.05, 0) is 56.1 Å². The van der Waals surface area contributed by atoms with E-state index in [9.17, 15) is 4.79 Å². The van der Waals surface area contributed by atoms with E-state index in [1.165, 1.54) is 6.42 Å². The summed E-state index contributed by atoms with van der Waals surface area (Å²) in [6.07, 6.45) is 3.88. The number of nitrogens with zero attached hydrogens (tertiary/aromatic N) is 1. The van der Waals surface area contributed by atoms with Gasteiger partial charge in [0.15, 0.2) is 6.61 Å². The topological polar surface area (TPSA) is 63.2 Å². The number of halogens is 3. The van der Waals surface area contributed by atoms with E-state index < -0.39 is 0 Å². The number of nitrogens with one attached hydrogen (secondary N) is 2. The zero-order valence-corrected chi connectivity index (χ0v) is 16.1. The van der Waals surface area contributed by atoms with Crippen molar-refractivity contribution in [1.82, 2.24) is 15.6 Å². The number of ether oxygens (including phenoxy) is 1. The Bertz CT molecular complexity index is 694. The lowest BCUT2D eigenvalue weighted by Crippen LogP contribution is -2.30. The highest BCUT2D eigenvalue weighted by Crippen LogP contribution is 2.29. The quantitative estimate of drug-likeness (QED) is 0.773. The normalized spacial score (nSPS) is 16.0. The molecule has 1 atom stereocenters. The second-order valence-electron chi connectivity index (χ2n) is 5.73. The summed E-state index contributed by atoms with van der Waals surface area (Å²) in [5.74, 6) is 1.12. The number of carbonyl (C=O) groups excluding carboxylic acids is 1. The monoisotopic (exact) mass is 405 g/mol. The zero-order chi connectivity index (χ0) is 16.1. The highest BCUT2D eigenvalue weighted by molar-refractivity contribution is 6.35. The minimum Gasteiger partial charge on any atom is -0.481 e. The van der Waals surface area contributed by atoms with Crippen LogP contribution in [0.2, 0.25) is 5.02 Å². The van der Waals surface area contributed by atoms with E-state index in [2.05, 4.69) is 15.6 Å². The molecule has 1 aromatic carbocycles. The van der Waals surface area contributed by atoms with Gasteiger partial charge in [0.25, 0.3) is 5.91 Å². The van der Waals surface area contributed by atoms with Gasteiger partial charge in [0.2, 0.25) is 0 Å². The van der Waals surface area contributed by atoms with Crippen LogP contribution in [-0.4, -0.2) is 37.1 Å². The molecule has 0 saturated carbocycles. The standard InChI is InChI=1S/C17H20ClN3O2.2ClH/c18-14-3-4-15(17-13(14)2-1-7-21-17)23-11-16(22)20-9-6-12-5-8-19-10-12;;/h1-4,7,12,19H,5-6,8-11H2,(H,20,22);2*1H. The molecule has 25 heavy (non-hydrogen) atoms. The third-order valence-corrected chi connectivity index (χ3v) is 4.40. The second kappa shape index (κ2) is 10.7. The number of fused-ring (bicyclic) bond motifs is 1. The Morgan fingerprint density at radius 3 is 2.96 bits per heavy atom. The van der Waals surface area contributed by atoms with Gasteiger partial charge in [-0.2, -0.15) is 0 Å². The van der Waals surface area contributed by atoms with Crippen molar-refractivity contribution in [3.8, 4) is 5.75 Å². The molecule has 0 bridgehead atoms. The number of hydrogen-bond acceptors (Lipinski definition) is 4. The fourth-order valence-corrected chi connectivity index (χ4v) is 3.01. The van der Waals surface area contributed by atoms with Gasteiger partial charge in [0.1, 0.15) is 11.3 Å². The summed E-state index contributed by atoms with van der Waals surface area (Å²) in [6.45, 7) is 2.80. The lowest BCUT2D eigenvalue weighted by Gasteiger charge is -2.11. The number of aromatic nitrogens is 1. The number of rotatable bonds is 6. The van der Waals surface area contributed by atoms with Gasteiger partial charge >= 0.3 is 0 Å². The molecule has 2 N–H and O–H groups in total. The van der Waals surface area contributed by atoms with Crippen LogP contribution in [0, 0.1) is 5.92 Å². The Labute approximate surface area is 164 Å². The molecule has 1 aromatic heterocycles. The fourth-order valence-electron chi connectivity index (χ4n) is 2.80. The third kappa shape index (κ3) is 5.89. The van der Waals surface area contributed by atoms with E-state index >= 15 is 0 Å². The molecule has 3 rings (SSSR count). The van der Waals surface area contributed by atoms with E-state index in [4.69, 9.17) is 16.3 Å². The molecule has 0 spiro atoms. The first kappa shape index (κ1) is 21.8. The molecule has 138 valence electrons. The van der Waals surface area contributed by atoms with Gasteiger partial charge in [0.05, 0.1) is 5.02 Å². The summed E-state index contributed by atoms with van der Waals surface area (Å²) in [5.41, 5.74) is 0.671. The molecule has 0 aliphatic carbocycles. The number of benzene rings is 1. The number of amides is 1. The Balaban J connectivity index is 0.00000156. The van der Waals surface area contributed by atoms with Gasteiger partial charge in [-0.1, -0.05) is 11.6 Å². The Morgan fingerprint density at radius 1 is 1.36 bits per heavy atom. The predicted octanol–water partition coefficient (Wildman–Crippen LogP) is 3.23. The van der Waals surface area contributed by atoms with Crippen LogP contribution in [0.15, 0.2) is 30.5 Å². The molecule has 1 fully saturated rings. The van der Waals surface area contributed by atoms with E-state index in [0.717, 1.165) is 24.9 Å². The van der Waals surface area contributed by atoms with Crippen LogP contribution < -0.4 is 15.4 Å². The molecule has 5 nitrogen and oxygen atoms in total. The van der Waals surface area contributed by atoms with Crippen molar-refractivity contribution >= 4 is 53.2 Å². The van der Waals surface area contributed by atoms with E-state index in [-0.39, 0.29) is 37.3 Å². The third-order valence-electron chi connectivity index (χ3n) is 4.08. The maximum absolute atomic E-state index is 11.9. The number of pyridine rings is 1. The predicted molar refractivity (Wildman–Crippen MR) is 105 cm³/mol. The SMILES string of the molecule is Cl.Cl.O=C(COc1ccc(Cl)c2cccnc12)NCCC1CCNC1. The maximum Gasteiger partial charge on any atom is 0.257 e. The van der Waals surface area contributed by atoms with Gasteiger partial charge < -0.3 is 15.4 Å². The molecule has 1 unspecified atom stereocenters. The van der Waals surface area contributed by atoms with E-state index in [1.807, 2.05) is 12.1 Å². The first-order valence-corrected chi connectivity index (χ1v) is 8.25. The highest BCUT2D eigenvalue weighted by atomic mass is 35.5. The smallest absolute Gasteiger partial charge is 0.257 e. The number of carbonyl (C=O) groups is 1. The van der Waals surface area contributed by atoms with Crippen LogP contribution in [0.25, 0.3) is 10.9 Å². The molecule has 1 saturated heterocycles. The van der Waals surface area contributed by atoms with Crippen LogP contribution >= 0.6 is 36.4 Å². The van der Waals surface area contributed by atoms with Crippen molar-refractivity contribution in [2.45, 2.75) is 12.8 Å². The van der Waals surface area contributed by atoms with Gasteiger partial charge in [0, 0.05) is 18.1 Å². The first-order chi connectivity index (χ1) is 11.2. The zero-order valence-electron chi connectivity index (χ0n) is 13.7. The van der Waals surface area contributed by atoms with Crippen molar-refractivity contribution in [3.05, 3.63) is 35.5 Å². The average Bonchev–Trinajstić information content (AvgIpc) is 3.08. The molecule has 2 aromatic rings. The lowest BCUT2D eigenvalue weighted by molar-refractivity contribution is -0.123. The van der Waals surface area contributed by atoms with Crippen LogP contribution in [0.3, 0.4) is 0 Å². The number of hydrogen-bond donors (Lipinski definition) is 2. The van der Waals surface area contributed by atoms with Crippen LogP contribution in [0.4, 0.5) is 0 Å². The van der Waals surface area contributed by atoms with Crippen LogP contribution in [-0.2, 0) is 4.79 Å². The Morgan fingerprint density at radius 2 is 2.20 bits per heavy atom. The van der Waals surface area contributed by atoms with Crippen molar-refractivity contribution < 1.29 is 9.53 Å². The van der Waals surface area contributed by atoms with Crippen molar-refractivity contribution in [1.29, 1.82) is 0 Å². The second-order valence-corrected chi connectivity index (χ2v) is 6.14. The van der Waals surface area contributed by atoms with Gasteiger partial charge in [-0.15, -0.1) is 24.8 Å². The summed E-state index contributed by atoms with van der Waals surface area (Å²) in [6, 6.07) is 7.21. The Kier molecular flexibility index (Phi) is 9.28. The van der Waals surface area contributed by atoms with Gasteiger partial charge in [-0.3, -0.25) is 9.78 Å².